The number of ether oxygens (including phenoxy) is 2. The van der Waals surface area contributed by atoms with Crippen LogP contribution in [0.15, 0.2) is 48.5 Å². The van der Waals surface area contributed by atoms with E-state index in [0.717, 1.165) is 22.3 Å². The number of benzene rings is 2. The molecule has 8 heteroatoms. The zero-order valence-corrected chi connectivity index (χ0v) is 17.5. The highest BCUT2D eigenvalue weighted by atomic mass is 16.5. The lowest BCUT2D eigenvalue weighted by molar-refractivity contribution is -0.145. The molecule has 0 bridgehead atoms. The molecule has 0 fully saturated rings. The Morgan fingerprint density at radius 3 is 2.16 bits per heavy atom. The molecule has 0 aromatic heterocycles. The van der Waals surface area contributed by atoms with E-state index in [4.69, 9.17) is 14.6 Å². The number of hydrogen-bond acceptors (Lipinski definition) is 5. The van der Waals surface area contributed by atoms with Crippen LogP contribution in [0.2, 0.25) is 0 Å². The fourth-order valence-electron chi connectivity index (χ4n) is 3.69. The van der Waals surface area contributed by atoms with Gasteiger partial charge in [0, 0.05) is 26.0 Å². The van der Waals surface area contributed by atoms with Crippen molar-refractivity contribution in [2.24, 2.45) is 0 Å². The van der Waals surface area contributed by atoms with Crippen LogP contribution in [0.3, 0.4) is 0 Å². The lowest BCUT2D eigenvalue weighted by Crippen LogP contribution is -2.48. The molecule has 0 radical (unpaired) electrons. The molecule has 0 heterocycles. The van der Waals surface area contributed by atoms with Gasteiger partial charge in [0.1, 0.15) is 6.61 Å². The Morgan fingerprint density at radius 2 is 1.61 bits per heavy atom. The number of carbonyl (C=O) groups excluding carboxylic acids is 2. The predicted octanol–water partition coefficient (Wildman–Crippen LogP) is 2.52. The van der Waals surface area contributed by atoms with Crippen molar-refractivity contribution in [1.82, 2.24) is 10.6 Å². The summed E-state index contributed by atoms with van der Waals surface area (Å²) in [6, 6.07) is 14.9. The van der Waals surface area contributed by atoms with Gasteiger partial charge in [0.15, 0.2) is 6.04 Å². The average Bonchev–Trinajstić information content (AvgIpc) is 3.09. The first-order chi connectivity index (χ1) is 14.9. The lowest BCUT2D eigenvalue weighted by atomic mass is 9.98. The summed E-state index contributed by atoms with van der Waals surface area (Å²) in [7, 11) is 1.37. The molecule has 2 amide bonds. The molecule has 0 aliphatic heterocycles. The second kappa shape index (κ2) is 10.1. The number of carboxylic acid groups (broad SMARTS) is 1. The van der Waals surface area contributed by atoms with Gasteiger partial charge in [-0.25, -0.2) is 9.59 Å². The summed E-state index contributed by atoms with van der Waals surface area (Å²) in [6.07, 6.45) is -1.39. The largest absolute Gasteiger partial charge is 0.480 e. The van der Waals surface area contributed by atoms with Crippen molar-refractivity contribution in [3.8, 4) is 11.1 Å². The summed E-state index contributed by atoms with van der Waals surface area (Å²) in [4.78, 5) is 35.3. The fourth-order valence-corrected chi connectivity index (χ4v) is 3.69. The first kappa shape index (κ1) is 22.3. The Kier molecular flexibility index (Phi) is 7.25. The van der Waals surface area contributed by atoms with Gasteiger partial charge in [0.05, 0.1) is 6.10 Å². The van der Waals surface area contributed by atoms with Crippen molar-refractivity contribution in [3.63, 3.8) is 0 Å². The van der Waals surface area contributed by atoms with Gasteiger partial charge in [-0.05, 0) is 29.2 Å². The molecule has 0 saturated carbocycles. The van der Waals surface area contributed by atoms with Crippen molar-refractivity contribution in [1.29, 1.82) is 0 Å². The molecule has 0 spiro atoms. The quantitative estimate of drug-likeness (QED) is 0.568. The van der Waals surface area contributed by atoms with E-state index in [9.17, 15) is 14.4 Å². The molecule has 2 aromatic rings. The molecule has 3 rings (SSSR count). The third-order valence-electron chi connectivity index (χ3n) is 5.39. The molecule has 2 aromatic carbocycles. The van der Waals surface area contributed by atoms with Gasteiger partial charge in [-0.3, -0.25) is 4.79 Å². The molecule has 0 saturated heterocycles. The minimum atomic E-state index is -1.19. The Labute approximate surface area is 180 Å². The monoisotopic (exact) mass is 426 g/mol. The topological polar surface area (TPSA) is 114 Å². The van der Waals surface area contributed by atoms with E-state index in [-0.39, 0.29) is 25.5 Å². The van der Waals surface area contributed by atoms with E-state index in [2.05, 4.69) is 22.8 Å². The first-order valence-corrected chi connectivity index (χ1v) is 10.1. The number of alkyl carbamates (subject to hydrolysis) is 1. The molecule has 3 N–H and O–H groups in total. The SMILES string of the molecule is CO[C@H](C)[C@H](NC(=O)CCNC(=O)OCC1c2ccccc2-c2ccccc21)C(=O)O. The number of aliphatic carboxylic acids is 1. The first-order valence-electron chi connectivity index (χ1n) is 10.1. The van der Waals surface area contributed by atoms with Gasteiger partial charge in [0.25, 0.3) is 0 Å². The molecule has 2 atom stereocenters. The van der Waals surface area contributed by atoms with E-state index in [1.807, 2.05) is 36.4 Å². The number of hydrogen-bond donors (Lipinski definition) is 3. The highest BCUT2D eigenvalue weighted by Crippen LogP contribution is 2.44. The summed E-state index contributed by atoms with van der Waals surface area (Å²) < 4.78 is 10.4. The second-order valence-electron chi connectivity index (χ2n) is 7.33. The molecule has 31 heavy (non-hydrogen) atoms. The van der Waals surface area contributed by atoms with Crippen molar-refractivity contribution >= 4 is 18.0 Å². The minimum absolute atomic E-state index is 0.0240. The zero-order valence-electron chi connectivity index (χ0n) is 17.5. The van der Waals surface area contributed by atoms with Crippen LogP contribution in [0, 0.1) is 0 Å². The Balaban J connectivity index is 1.48. The zero-order chi connectivity index (χ0) is 22.4. The van der Waals surface area contributed by atoms with Crippen LogP contribution in [-0.4, -0.2) is 55.5 Å². The van der Waals surface area contributed by atoms with Gasteiger partial charge < -0.3 is 25.2 Å². The summed E-state index contributed by atoms with van der Waals surface area (Å²) in [5.41, 5.74) is 4.51. The maximum atomic E-state index is 12.1. The number of nitrogens with one attached hydrogen (secondary N) is 2. The summed E-state index contributed by atoms with van der Waals surface area (Å²) in [5.74, 6) is -1.74. The molecule has 1 aliphatic carbocycles. The van der Waals surface area contributed by atoms with E-state index in [0.29, 0.717) is 0 Å². The number of carbonyl (C=O) groups is 3. The third-order valence-corrected chi connectivity index (χ3v) is 5.39. The van der Waals surface area contributed by atoms with Crippen molar-refractivity contribution < 1.29 is 29.0 Å². The van der Waals surface area contributed by atoms with E-state index in [1.54, 1.807) is 6.92 Å². The Bertz CT molecular complexity index is 915. The second-order valence-corrected chi connectivity index (χ2v) is 7.33. The molecule has 0 unspecified atom stereocenters. The number of methoxy groups -OCH3 is 1. The van der Waals surface area contributed by atoms with Gasteiger partial charge in [-0.2, -0.15) is 0 Å². The maximum absolute atomic E-state index is 12.1. The smallest absolute Gasteiger partial charge is 0.407 e. The fraction of sp³-hybridized carbons (Fsp3) is 0.348. The van der Waals surface area contributed by atoms with E-state index >= 15 is 0 Å². The number of amides is 2. The standard InChI is InChI=1S/C23H26N2O6/c1-14(30-2)21(22(27)28)25-20(26)11-12-24-23(29)31-13-19-17-9-5-3-7-15(17)16-8-4-6-10-18(16)19/h3-10,14,19,21H,11-13H2,1-2H3,(H,24,29)(H,25,26)(H,27,28)/t14-,21+/m1/s1. The van der Waals surface area contributed by atoms with E-state index in [1.165, 1.54) is 7.11 Å². The summed E-state index contributed by atoms with van der Waals surface area (Å²) in [5, 5.41) is 14.1. The Hall–Kier alpha value is -3.39. The van der Waals surface area contributed by atoms with Crippen molar-refractivity contribution in [2.75, 3.05) is 20.3 Å². The average molecular weight is 426 g/mol. The number of carboxylic acids is 1. The van der Waals surface area contributed by atoms with Crippen molar-refractivity contribution in [3.05, 3.63) is 59.7 Å². The number of fused-ring (bicyclic) bond motifs is 3. The van der Waals surface area contributed by atoms with Gasteiger partial charge >= 0.3 is 12.1 Å². The molecule has 8 nitrogen and oxygen atoms in total. The van der Waals surface area contributed by atoms with Crippen LogP contribution in [0.25, 0.3) is 11.1 Å². The molecular formula is C23H26N2O6. The minimum Gasteiger partial charge on any atom is -0.480 e. The van der Waals surface area contributed by atoms with Gasteiger partial charge in [0.2, 0.25) is 5.91 Å². The Morgan fingerprint density at radius 1 is 1.03 bits per heavy atom. The highest BCUT2D eigenvalue weighted by molar-refractivity contribution is 5.84. The van der Waals surface area contributed by atoms with Crippen LogP contribution >= 0.6 is 0 Å². The van der Waals surface area contributed by atoms with Crippen LogP contribution in [0.1, 0.15) is 30.4 Å². The van der Waals surface area contributed by atoms with Crippen LogP contribution in [0.5, 0.6) is 0 Å². The summed E-state index contributed by atoms with van der Waals surface area (Å²) in [6.45, 7) is 1.75. The maximum Gasteiger partial charge on any atom is 0.407 e. The molecule has 164 valence electrons. The van der Waals surface area contributed by atoms with Crippen LogP contribution in [0.4, 0.5) is 4.79 Å². The van der Waals surface area contributed by atoms with E-state index < -0.39 is 30.1 Å². The molecule has 1 aliphatic rings. The number of rotatable bonds is 9. The lowest BCUT2D eigenvalue weighted by Gasteiger charge is -2.20. The third kappa shape index (κ3) is 5.21. The van der Waals surface area contributed by atoms with Crippen molar-refractivity contribution in [2.45, 2.75) is 31.4 Å². The predicted molar refractivity (Wildman–Crippen MR) is 114 cm³/mol. The normalized spacial score (nSPS) is 14.1. The summed E-state index contributed by atoms with van der Waals surface area (Å²) >= 11 is 0. The van der Waals surface area contributed by atoms with Crippen LogP contribution in [-0.2, 0) is 19.1 Å². The molecular weight excluding hydrogens is 400 g/mol. The van der Waals surface area contributed by atoms with Gasteiger partial charge in [-0.15, -0.1) is 0 Å². The highest BCUT2D eigenvalue weighted by Gasteiger charge is 2.29. The van der Waals surface area contributed by atoms with Crippen LogP contribution < -0.4 is 10.6 Å². The van der Waals surface area contributed by atoms with Gasteiger partial charge in [-0.1, -0.05) is 48.5 Å².